The molecule has 0 saturated carbocycles. The van der Waals surface area contributed by atoms with Crippen LogP contribution in [0.2, 0.25) is 0 Å². The van der Waals surface area contributed by atoms with E-state index in [9.17, 15) is 14.4 Å². The molecular weight excluding hydrogens is 408 g/mol. The van der Waals surface area contributed by atoms with Crippen LogP contribution in [0.1, 0.15) is 37.8 Å². The molecule has 1 aromatic carbocycles. The van der Waals surface area contributed by atoms with Crippen molar-refractivity contribution >= 4 is 18.0 Å². The predicted molar refractivity (Wildman–Crippen MR) is 120 cm³/mol. The van der Waals surface area contributed by atoms with Crippen LogP contribution in [0.15, 0.2) is 18.2 Å². The molecule has 3 saturated heterocycles. The molecule has 0 aliphatic carbocycles. The Morgan fingerprint density at radius 1 is 1.28 bits per heavy atom. The average molecular weight is 443 g/mol. The zero-order valence-corrected chi connectivity index (χ0v) is 19.4. The van der Waals surface area contributed by atoms with Gasteiger partial charge in [0, 0.05) is 31.7 Å². The van der Waals surface area contributed by atoms with Crippen LogP contribution in [0.25, 0.3) is 0 Å². The molecule has 174 valence electrons. The molecule has 8 nitrogen and oxygen atoms in total. The number of carbonyl (C=O) groups is 3. The van der Waals surface area contributed by atoms with Crippen LogP contribution in [0.3, 0.4) is 0 Å². The number of nitrogens with one attached hydrogen (secondary N) is 1. The molecule has 1 amide bonds. The number of hydrogen-bond acceptors (Lipinski definition) is 7. The van der Waals surface area contributed by atoms with Crippen molar-refractivity contribution in [3.05, 3.63) is 29.3 Å². The summed E-state index contributed by atoms with van der Waals surface area (Å²) in [5, 5.41) is 3.21. The van der Waals surface area contributed by atoms with Crippen LogP contribution >= 0.6 is 0 Å². The van der Waals surface area contributed by atoms with E-state index >= 15 is 0 Å². The fourth-order valence-corrected chi connectivity index (χ4v) is 5.37. The third-order valence-corrected chi connectivity index (χ3v) is 7.20. The Bertz CT molecular complexity index is 900. The van der Waals surface area contributed by atoms with Gasteiger partial charge in [0.1, 0.15) is 12.0 Å². The molecule has 3 heterocycles. The molecular formula is C24H34N4O4. The van der Waals surface area contributed by atoms with Gasteiger partial charge in [0.05, 0.1) is 25.6 Å². The van der Waals surface area contributed by atoms with Gasteiger partial charge >= 0.3 is 0 Å². The van der Waals surface area contributed by atoms with Gasteiger partial charge in [-0.2, -0.15) is 0 Å². The predicted octanol–water partition coefficient (Wildman–Crippen LogP) is 1.03. The Morgan fingerprint density at radius 2 is 2.03 bits per heavy atom. The highest BCUT2D eigenvalue weighted by Crippen LogP contribution is 2.41. The number of nitrogens with zero attached hydrogens (tertiary/aromatic N) is 3. The van der Waals surface area contributed by atoms with E-state index in [1.807, 2.05) is 24.0 Å². The number of amides is 1. The van der Waals surface area contributed by atoms with Gasteiger partial charge in [-0.3, -0.25) is 24.7 Å². The number of likely N-dealkylation sites (tertiary alicyclic amines) is 2. The van der Waals surface area contributed by atoms with Gasteiger partial charge < -0.3 is 14.4 Å². The van der Waals surface area contributed by atoms with Gasteiger partial charge in [0.2, 0.25) is 5.91 Å². The molecule has 2 unspecified atom stereocenters. The molecule has 1 N–H and O–H groups in total. The minimum absolute atomic E-state index is 0.0713. The van der Waals surface area contributed by atoms with E-state index in [0.717, 1.165) is 42.8 Å². The first-order valence-corrected chi connectivity index (χ1v) is 11.4. The summed E-state index contributed by atoms with van der Waals surface area (Å²) in [4.78, 5) is 43.1. The Kier molecular flexibility index (Phi) is 6.38. The summed E-state index contributed by atoms with van der Waals surface area (Å²) < 4.78 is 5.56. The van der Waals surface area contributed by atoms with Crippen molar-refractivity contribution < 1.29 is 19.1 Å². The molecule has 2 atom stereocenters. The van der Waals surface area contributed by atoms with E-state index < -0.39 is 11.1 Å². The number of ether oxygens (including phenoxy) is 1. The van der Waals surface area contributed by atoms with Crippen LogP contribution in [-0.2, 0) is 27.5 Å². The maximum Gasteiger partial charge on any atom is 0.238 e. The first-order chi connectivity index (χ1) is 15.3. The van der Waals surface area contributed by atoms with Crippen LogP contribution in [0.4, 0.5) is 0 Å². The van der Waals surface area contributed by atoms with Gasteiger partial charge in [-0.1, -0.05) is 6.07 Å². The van der Waals surface area contributed by atoms with Crippen LogP contribution in [-0.4, -0.2) is 84.7 Å². The molecule has 4 rings (SSSR count). The fourth-order valence-electron chi connectivity index (χ4n) is 5.37. The quantitative estimate of drug-likeness (QED) is 0.572. The summed E-state index contributed by atoms with van der Waals surface area (Å²) >= 11 is 0. The Labute approximate surface area is 189 Å². The summed E-state index contributed by atoms with van der Waals surface area (Å²) in [6.45, 7) is 8.45. The summed E-state index contributed by atoms with van der Waals surface area (Å²) in [5.41, 5.74) is 0.684. The maximum absolute atomic E-state index is 13.2. The van der Waals surface area contributed by atoms with Crippen molar-refractivity contribution in [2.75, 3.05) is 46.4 Å². The van der Waals surface area contributed by atoms with Gasteiger partial charge in [0.15, 0.2) is 11.4 Å². The number of aldehydes is 1. The molecule has 0 aromatic heterocycles. The van der Waals surface area contributed by atoms with Crippen LogP contribution < -0.4 is 10.1 Å². The second kappa shape index (κ2) is 8.92. The number of Topliss-reactive ketones (excluding diaryl/α,β-unsaturated/α-hetero) is 1. The van der Waals surface area contributed by atoms with Gasteiger partial charge in [0.25, 0.3) is 0 Å². The first kappa shape index (κ1) is 22.9. The van der Waals surface area contributed by atoms with Crippen LogP contribution in [0.5, 0.6) is 5.75 Å². The number of carbonyl (C=O) groups excluding carboxylic acids is 3. The van der Waals surface area contributed by atoms with Gasteiger partial charge in [-0.25, -0.2) is 0 Å². The minimum Gasteiger partial charge on any atom is -0.496 e. The van der Waals surface area contributed by atoms with Crippen molar-refractivity contribution in [3.8, 4) is 5.75 Å². The third kappa shape index (κ3) is 4.19. The van der Waals surface area contributed by atoms with Crippen molar-refractivity contribution in [1.82, 2.24) is 20.0 Å². The number of ketones is 1. The fraction of sp³-hybridized carbons (Fsp3) is 0.625. The Morgan fingerprint density at radius 3 is 2.62 bits per heavy atom. The summed E-state index contributed by atoms with van der Waals surface area (Å²) in [6, 6.07) is 6.07. The van der Waals surface area contributed by atoms with Crippen molar-refractivity contribution in [2.45, 2.75) is 45.4 Å². The number of hydrogen-bond donors (Lipinski definition) is 1. The lowest BCUT2D eigenvalue weighted by Crippen LogP contribution is -2.60. The maximum atomic E-state index is 13.2. The topological polar surface area (TPSA) is 82.2 Å². The van der Waals surface area contributed by atoms with E-state index in [-0.39, 0.29) is 24.8 Å². The van der Waals surface area contributed by atoms with Gasteiger partial charge in [-0.15, -0.1) is 0 Å². The smallest absolute Gasteiger partial charge is 0.238 e. The number of rotatable bonds is 9. The van der Waals surface area contributed by atoms with Crippen molar-refractivity contribution in [2.24, 2.45) is 5.41 Å². The monoisotopic (exact) mass is 442 g/mol. The second-order valence-electron chi connectivity index (χ2n) is 9.76. The zero-order valence-electron chi connectivity index (χ0n) is 19.4. The lowest BCUT2D eigenvalue weighted by atomic mass is 9.89. The lowest BCUT2D eigenvalue weighted by Gasteiger charge is -2.37. The highest BCUT2D eigenvalue weighted by atomic mass is 16.5. The zero-order chi connectivity index (χ0) is 22.9. The molecule has 32 heavy (non-hydrogen) atoms. The molecule has 2 bridgehead atoms. The highest BCUT2D eigenvalue weighted by Gasteiger charge is 2.63. The summed E-state index contributed by atoms with van der Waals surface area (Å²) in [7, 11) is 1.68. The normalized spacial score (nSPS) is 27.5. The minimum atomic E-state index is -0.943. The van der Waals surface area contributed by atoms with E-state index in [1.165, 1.54) is 12.8 Å². The standard InChI is InChI=1S/C24H34N4O4/c1-23-16-25-24(2,22(23)31)28(17-23)21(30)15-27(10-11-29)13-18-6-7-20(32-3)19(12-18)14-26-8-4-5-9-26/h6-7,11-12,25H,4-5,8-10,13-17H2,1-3H3. The highest BCUT2D eigenvalue weighted by molar-refractivity contribution is 6.01. The van der Waals surface area contributed by atoms with E-state index in [2.05, 4.69) is 16.3 Å². The van der Waals surface area contributed by atoms with E-state index in [1.54, 1.807) is 18.9 Å². The molecule has 3 aliphatic rings. The van der Waals surface area contributed by atoms with E-state index in [0.29, 0.717) is 19.6 Å². The van der Waals surface area contributed by atoms with Crippen molar-refractivity contribution in [3.63, 3.8) is 0 Å². The number of fused-ring (bicyclic) bond motifs is 2. The lowest BCUT2D eigenvalue weighted by molar-refractivity contribution is -0.141. The number of methoxy groups -OCH3 is 1. The molecule has 3 aliphatic heterocycles. The molecule has 0 radical (unpaired) electrons. The Hall–Kier alpha value is -2.29. The summed E-state index contributed by atoms with van der Waals surface area (Å²) in [6.07, 6.45) is 3.27. The second-order valence-corrected chi connectivity index (χ2v) is 9.76. The Balaban J connectivity index is 1.46. The largest absolute Gasteiger partial charge is 0.496 e. The van der Waals surface area contributed by atoms with Crippen LogP contribution in [0, 0.1) is 5.41 Å². The van der Waals surface area contributed by atoms with Crippen molar-refractivity contribution in [1.29, 1.82) is 0 Å². The molecule has 3 fully saturated rings. The SMILES string of the molecule is COc1ccc(CN(CC=O)CC(=O)N2CC3(C)CNC2(C)C3=O)cc1CN1CCCC1. The summed E-state index contributed by atoms with van der Waals surface area (Å²) in [5.74, 6) is 0.795. The first-order valence-electron chi connectivity index (χ1n) is 11.4. The third-order valence-electron chi connectivity index (χ3n) is 7.20. The molecule has 8 heteroatoms. The molecule has 0 spiro atoms. The molecule has 1 aromatic rings. The van der Waals surface area contributed by atoms with E-state index in [4.69, 9.17) is 4.74 Å². The van der Waals surface area contributed by atoms with Gasteiger partial charge in [-0.05, 0) is 57.5 Å². The average Bonchev–Trinajstić information content (AvgIpc) is 3.41. The number of benzene rings is 1.